The second-order valence-electron chi connectivity index (χ2n) is 3.49. The summed E-state index contributed by atoms with van der Waals surface area (Å²) in [6, 6.07) is 6.07. The van der Waals surface area contributed by atoms with Crippen molar-refractivity contribution in [2.24, 2.45) is 0 Å². The molecule has 13 heavy (non-hydrogen) atoms. The lowest BCUT2D eigenvalue weighted by atomic mass is 10.1. The van der Waals surface area contributed by atoms with E-state index in [1.807, 2.05) is 18.3 Å². The largest absolute Gasteiger partial charge is 0.378 e. The zero-order valence-electron chi connectivity index (χ0n) is 7.78. The van der Waals surface area contributed by atoms with E-state index in [0.29, 0.717) is 6.10 Å². The van der Waals surface area contributed by atoms with E-state index >= 15 is 0 Å². The van der Waals surface area contributed by atoms with Crippen LogP contribution in [0.1, 0.15) is 25.0 Å². The van der Waals surface area contributed by atoms with E-state index in [-0.39, 0.29) is 0 Å². The van der Waals surface area contributed by atoms with Crippen LogP contribution in [0.15, 0.2) is 24.4 Å². The molecule has 1 fully saturated rings. The third-order valence-corrected chi connectivity index (χ3v) is 2.47. The summed E-state index contributed by atoms with van der Waals surface area (Å²) in [5, 5.41) is 0. The van der Waals surface area contributed by atoms with Gasteiger partial charge in [0.2, 0.25) is 0 Å². The SMILES string of the molecule is c1ccc(CC[C@@H]2CCCO2)nc1. The molecular formula is C11H15NO. The predicted octanol–water partition coefficient (Wildman–Crippen LogP) is 2.19. The Morgan fingerprint density at radius 3 is 3.15 bits per heavy atom. The number of pyridine rings is 1. The lowest BCUT2D eigenvalue weighted by molar-refractivity contribution is 0.104. The zero-order chi connectivity index (χ0) is 8.93. The van der Waals surface area contributed by atoms with Crippen LogP contribution in [0.25, 0.3) is 0 Å². The van der Waals surface area contributed by atoms with E-state index < -0.39 is 0 Å². The Bertz CT molecular complexity index is 242. The zero-order valence-corrected chi connectivity index (χ0v) is 7.78. The Morgan fingerprint density at radius 1 is 1.46 bits per heavy atom. The smallest absolute Gasteiger partial charge is 0.0579 e. The summed E-state index contributed by atoms with van der Waals surface area (Å²) in [5.74, 6) is 0. The summed E-state index contributed by atoms with van der Waals surface area (Å²) in [7, 11) is 0. The molecule has 1 aromatic heterocycles. The van der Waals surface area contributed by atoms with Crippen molar-refractivity contribution in [3.8, 4) is 0 Å². The van der Waals surface area contributed by atoms with Crippen LogP contribution in [0.3, 0.4) is 0 Å². The summed E-state index contributed by atoms with van der Waals surface area (Å²) in [6.07, 6.45) is 6.97. The van der Waals surface area contributed by atoms with Crippen molar-refractivity contribution in [3.63, 3.8) is 0 Å². The van der Waals surface area contributed by atoms with E-state index in [1.54, 1.807) is 0 Å². The number of hydrogen-bond donors (Lipinski definition) is 0. The van der Waals surface area contributed by atoms with Gasteiger partial charge in [-0.1, -0.05) is 6.07 Å². The molecule has 0 aromatic carbocycles. The van der Waals surface area contributed by atoms with Crippen LogP contribution in [0.5, 0.6) is 0 Å². The summed E-state index contributed by atoms with van der Waals surface area (Å²) >= 11 is 0. The van der Waals surface area contributed by atoms with E-state index in [9.17, 15) is 0 Å². The number of hydrogen-bond acceptors (Lipinski definition) is 2. The highest BCUT2D eigenvalue weighted by Crippen LogP contribution is 2.16. The monoisotopic (exact) mass is 177 g/mol. The average Bonchev–Trinajstić information content (AvgIpc) is 2.69. The highest BCUT2D eigenvalue weighted by Gasteiger charge is 2.14. The van der Waals surface area contributed by atoms with Crippen LogP contribution in [-0.4, -0.2) is 17.7 Å². The first-order chi connectivity index (χ1) is 6.45. The Kier molecular flexibility index (Phi) is 2.93. The van der Waals surface area contributed by atoms with E-state index in [0.717, 1.165) is 19.4 Å². The van der Waals surface area contributed by atoms with Gasteiger partial charge in [0.25, 0.3) is 0 Å². The van der Waals surface area contributed by atoms with Gasteiger partial charge in [-0.05, 0) is 37.8 Å². The van der Waals surface area contributed by atoms with Crippen molar-refractivity contribution in [2.75, 3.05) is 6.61 Å². The summed E-state index contributed by atoms with van der Waals surface area (Å²) in [5.41, 5.74) is 1.18. The van der Waals surface area contributed by atoms with Gasteiger partial charge >= 0.3 is 0 Å². The molecule has 1 aromatic rings. The minimum absolute atomic E-state index is 0.488. The first-order valence-corrected chi connectivity index (χ1v) is 4.96. The fourth-order valence-electron chi connectivity index (χ4n) is 1.73. The van der Waals surface area contributed by atoms with E-state index in [1.165, 1.54) is 18.5 Å². The van der Waals surface area contributed by atoms with Crippen LogP contribution in [0.4, 0.5) is 0 Å². The molecule has 2 heterocycles. The van der Waals surface area contributed by atoms with Crippen molar-refractivity contribution < 1.29 is 4.74 Å². The maximum atomic E-state index is 5.55. The Hall–Kier alpha value is -0.890. The Labute approximate surface area is 78.9 Å². The van der Waals surface area contributed by atoms with Crippen LogP contribution in [0.2, 0.25) is 0 Å². The molecule has 2 nitrogen and oxygen atoms in total. The molecule has 0 radical (unpaired) electrons. The molecule has 2 rings (SSSR count). The average molecular weight is 177 g/mol. The molecule has 0 aliphatic carbocycles. The van der Waals surface area contributed by atoms with Crippen LogP contribution < -0.4 is 0 Å². The molecule has 2 heteroatoms. The Morgan fingerprint density at radius 2 is 2.46 bits per heavy atom. The van der Waals surface area contributed by atoms with Crippen molar-refractivity contribution in [1.29, 1.82) is 0 Å². The maximum Gasteiger partial charge on any atom is 0.0579 e. The van der Waals surface area contributed by atoms with Crippen molar-refractivity contribution in [1.82, 2.24) is 4.98 Å². The molecule has 1 aliphatic rings. The first kappa shape index (κ1) is 8.70. The van der Waals surface area contributed by atoms with Crippen LogP contribution in [0, 0.1) is 0 Å². The number of nitrogens with zero attached hydrogens (tertiary/aromatic N) is 1. The normalized spacial score (nSPS) is 22.0. The lowest BCUT2D eigenvalue weighted by Gasteiger charge is -2.07. The lowest BCUT2D eigenvalue weighted by Crippen LogP contribution is -2.06. The standard InChI is InChI=1S/C11H15NO/c1-2-8-12-10(4-1)6-7-11-5-3-9-13-11/h1-2,4,8,11H,3,5-7,9H2/t11-/m0/s1. The van der Waals surface area contributed by atoms with E-state index in [2.05, 4.69) is 11.1 Å². The van der Waals surface area contributed by atoms with Crippen molar-refractivity contribution in [3.05, 3.63) is 30.1 Å². The molecule has 1 aliphatic heterocycles. The summed E-state index contributed by atoms with van der Waals surface area (Å²) in [6.45, 7) is 0.951. The van der Waals surface area contributed by atoms with Gasteiger partial charge in [0.05, 0.1) is 6.10 Å². The minimum Gasteiger partial charge on any atom is -0.378 e. The van der Waals surface area contributed by atoms with Gasteiger partial charge in [0.1, 0.15) is 0 Å². The van der Waals surface area contributed by atoms with Crippen LogP contribution >= 0.6 is 0 Å². The minimum atomic E-state index is 0.488. The van der Waals surface area contributed by atoms with Gasteiger partial charge < -0.3 is 4.74 Å². The fourth-order valence-corrected chi connectivity index (χ4v) is 1.73. The van der Waals surface area contributed by atoms with E-state index in [4.69, 9.17) is 4.74 Å². The fraction of sp³-hybridized carbons (Fsp3) is 0.545. The van der Waals surface area contributed by atoms with Crippen molar-refractivity contribution in [2.45, 2.75) is 31.8 Å². The molecule has 0 bridgehead atoms. The molecule has 0 saturated carbocycles. The van der Waals surface area contributed by atoms with Gasteiger partial charge in [-0.25, -0.2) is 0 Å². The predicted molar refractivity (Wildman–Crippen MR) is 51.5 cm³/mol. The van der Waals surface area contributed by atoms with Gasteiger partial charge in [0, 0.05) is 18.5 Å². The second-order valence-corrected chi connectivity index (χ2v) is 3.49. The van der Waals surface area contributed by atoms with Gasteiger partial charge in [-0.3, -0.25) is 4.98 Å². The molecule has 1 atom stereocenters. The highest BCUT2D eigenvalue weighted by atomic mass is 16.5. The number of aryl methyl sites for hydroxylation is 1. The third-order valence-electron chi connectivity index (χ3n) is 2.47. The topological polar surface area (TPSA) is 22.1 Å². The quantitative estimate of drug-likeness (QED) is 0.706. The molecule has 70 valence electrons. The van der Waals surface area contributed by atoms with Crippen LogP contribution in [-0.2, 0) is 11.2 Å². The molecule has 0 spiro atoms. The number of rotatable bonds is 3. The molecule has 0 N–H and O–H groups in total. The Balaban J connectivity index is 1.79. The first-order valence-electron chi connectivity index (χ1n) is 4.96. The second kappa shape index (κ2) is 4.38. The summed E-state index contributed by atoms with van der Waals surface area (Å²) in [4.78, 5) is 4.28. The van der Waals surface area contributed by atoms with Crippen molar-refractivity contribution >= 4 is 0 Å². The van der Waals surface area contributed by atoms with Gasteiger partial charge in [-0.2, -0.15) is 0 Å². The van der Waals surface area contributed by atoms with Gasteiger partial charge in [0.15, 0.2) is 0 Å². The molecular weight excluding hydrogens is 162 g/mol. The van der Waals surface area contributed by atoms with Gasteiger partial charge in [-0.15, -0.1) is 0 Å². The number of aromatic nitrogens is 1. The molecule has 0 unspecified atom stereocenters. The maximum absolute atomic E-state index is 5.55. The summed E-state index contributed by atoms with van der Waals surface area (Å²) < 4.78 is 5.55. The number of ether oxygens (including phenoxy) is 1. The third kappa shape index (κ3) is 2.52. The highest BCUT2D eigenvalue weighted by molar-refractivity contribution is 5.03. The molecule has 1 saturated heterocycles. The molecule has 0 amide bonds.